The van der Waals surface area contributed by atoms with Crippen LogP contribution in [0.4, 0.5) is 5.69 Å². The zero-order chi connectivity index (χ0) is 13.3. The van der Waals surface area contributed by atoms with E-state index in [0.717, 1.165) is 0 Å². The van der Waals surface area contributed by atoms with Crippen LogP contribution in [0.5, 0.6) is 0 Å². The minimum absolute atomic E-state index is 0.0268. The number of carboxylic acids is 1. The molecule has 7 heteroatoms. The summed E-state index contributed by atoms with van der Waals surface area (Å²) >= 11 is 0. The van der Waals surface area contributed by atoms with Gasteiger partial charge >= 0.3 is 5.97 Å². The van der Waals surface area contributed by atoms with Crippen molar-refractivity contribution in [1.29, 1.82) is 0 Å². The summed E-state index contributed by atoms with van der Waals surface area (Å²) in [5, 5.41) is 23.4. The molecule has 0 saturated heterocycles. The predicted octanol–water partition coefficient (Wildman–Crippen LogP) is 1.79. The third-order valence-corrected chi connectivity index (χ3v) is 2.45. The molecule has 2 aromatic rings. The fourth-order valence-electron chi connectivity index (χ4n) is 1.53. The Morgan fingerprint density at radius 1 is 1.39 bits per heavy atom. The molecule has 18 heavy (non-hydrogen) atoms. The second-order valence-corrected chi connectivity index (χ2v) is 3.65. The highest BCUT2D eigenvalue weighted by molar-refractivity contribution is 5.88. The molecule has 0 radical (unpaired) electrons. The molecule has 7 nitrogen and oxygen atoms in total. The lowest BCUT2D eigenvalue weighted by Crippen LogP contribution is -1.96. The van der Waals surface area contributed by atoms with Crippen LogP contribution in [0.25, 0.3) is 5.69 Å². The number of aromatic carboxylic acids is 1. The maximum Gasteiger partial charge on any atom is 0.339 e. The van der Waals surface area contributed by atoms with Crippen molar-refractivity contribution in [2.24, 2.45) is 0 Å². The molecule has 0 bridgehead atoms. The number of benzene rings is 1. The van der Waals surface area contributed by atoms with Crippen molar-refractivity contribution >= 4 is 11.7 Å². The Kier molecular flexibility index (Phi) is 2.80. The molecule has 92 valence electrons. The first kappa shape index (κ1) is 11.8. The second-order valence-electron chi connectivity index (χ2n) is 3.65. The number of carboxylic acid groups (broad SMARTS) is 1. The SMILES string of the molecule is Cc1nn(-c2ccc([N+](=O)[O-])cc2)cc1C(=O)O. The minimum atomic E-state index is -1.05. The first-order valence-corrected chi connectivity index (χ1v) is 5.03. The largest absolute Gasteiger partial charge is 0.478 e. The molecule has 1 aromatic carbocycles. The van der Waals surface area contributed by atoms with Crippen LogP contribution >= 0.6 is 0 Å². The summed E-state index contributed by atoms with van der Waals surface area (Å²) < 4.78 is 1.38. The van der Waals surface area contributed by atoms with Crippen molar-refractivity contribution in [2.75, 3.05) is 0 Å². The number of aromatic nitrogens is 2. The van der Waals surface area contributed by atoms with E-state index in [-0.39, 0.29) is 11.3 Å². The number of non-ortho nitro benzene ring substituents is 1. The van der Waals surface area contributed by atoms with Crippen LogP contribution in [0.15, 0.2) is 30.5 Å². The van der Waals surface area contributed by atoms with Gasteiger partial charge in [-0.15, -0.1) is 0 Å². The van der Waals surface area contributed by atoms with Gasteiger partial charge in [-0.2, -0.15) is 5.10 Å². The average Bonchev–Trinajstić information content (AvgIpc) is 2.71. The fourth-order valence-corrected chi connectivity index (χ4v) is 1.53. The van der Waals surface area contributed by atoms with Gasteiger partial charge in [0.05, 0.1) is 16.3 Å². The summed E-state index contributed by atoms with van der Waals surface area (Å²) in [5.41, 5.74) is 1.03. The normalized spacial score (nSPS) is 10.3. The number of carbonyl (C=O) groups is 1. The summed E-state index contributed by atoms with van der Waals surface area (Å²) in [7, 11) is 0. The van der Waals surface area contributed by atoms with Crippen molar-refractivity contribution < 1.29 is 14.8 Å². The molecule has 0 unspecified atom stereocenters. The molecule has 0 saturated carbocycles. The molecule has 1 aromatic heterocycles. The van der Waals surface area contributed by atoms with Crippen LogP contribution in [0.2, 0.25) is 0 Å². The maximum atomic E-state index is 10.9. The van der Waals surface area contributed by atoms with Gasteiger partial charge in [0.15, 0.2) is 0 Å². The number of rotatable bonds is 3. The molecule has 1 heterocycles. The summed E-state index contributed by atoms with van der Waals surface area (Å²) in [6, 6.07) is 5.70. The Labute approximate surface area is 101 Å². The Bertz CT molecular complexity index is 616. The third-order valence-electron chi connectivity index (χ3n) is 2.45. The highest BCUT2D eigenvalue weighted by Gasteiger charge is 2.13. The van der Waals surface area contributed by atoms with E-state index in [1.165, 1.54) is 35.1 Å². The second kappa shape index (κ2) is 4.28. The van der Waals surface area contributed by atoms with E-state index in [1.54, 1.807) is 6.92 Å². The summed E-state index contributed by atoms with van der Waals surface area (Å²) in [6.07, 6.45) is 1.37. The molecular formula is C11H9N3O4. The maximum absolute atomic E-state index is 10.9. The summed E-state index contributed by atoms with van der Waals surface area (Å²) in [6.45, 7) is 1.59. The van der Waals surface area contributed by atoms with Gasteiger partial charge < -0.3 is 5.11 Å². The molecule has 2 rings (SSSR count). The standard InChI is InChI=1S/C11H9N3O4/c1-7-10(11(15)16)6-13(12-7)8-2-4-9(5-3-8)14(17)18/h2-6H,1H3,(H,15,16). The van der Waals surface area contributed by atoms with Crippen molar-refractivity contribution in [3.8, 4) is 5.69 Å². The van der Waals surface area contributed by atoms with Crippen LogP contribution in [0, 0.1) is 17.0 Å². The lowest BCUT2D eigenvalue weighted by atomic mass is 10.2. The number of nitrogens with zero attached hydrogens (tertiary/aromatic N) is 3. The average molecular weight is 247 g/mol. The summed E-state index contributed by atoms with van der Waals surface area (Å²) in [5.74, 6) is -1.05. The zero-order valence-corrected chi connectivity index (χ0v) is 9.40. The monoisotopic (exact) mass is 247 g/mol. The smallest absolute Gasteiger partial charge is 0.339 e. The fraction of sp³-hybridized carbons (Fsp3) is 0.0909. The van der Waals surface area contributed by atoms with E-state index >= 15 is 0 Å². The van der Waals surface area contributed by atoms with Crippen molar-refractivity contribution in [3.05, 3.63) is 51.8 Å². The zero-order valence-electron chi connectivity index (χ0n) is 9.40. The van der Waals surface area contributed by atoms with Gasteiger partial charge in [0, 0.05) is 18.3 Å². The van der Waals surface area contributed by atoms with Gasteiger partial charge in [0.25, 0.3) is 5.69 Å². The van der Waals surface area contributed by atoms with Crippen LogP contribution in [-0.4, -0.2) is 25.8 Å². The lowest BCUT2D eigenvalue weighted by Gasteiger charge is -1.99. The van der Waals surface area contributed by atoms with E-state index in [4.69, 9.17) is 5.11 Å². The number of hydrogen-bond donors (Lipinski definition) is 1. The van der Waals surface area contributed by atoms with E-state index < -0.39 is 10.9 Å². The molecule has 0 aliphatic carbocycles. The predicted molar refractivity (Wildman–Crippen MR) is 61.9 cm³/mol. The van der Waals surface area contributed by atoms with E-state index in [9.17, 15) is 14.9 Å². The van der Waals surface area contributed by atoms with Crippen LogP contribution in [0.3, 0.4) is 0 Å². The molecule has 1 N–H and O–H groups in total. The van der Waals surface area contributed by atoms with Crippen LogP contribution < -0.4 is 0 Å². The van der Waals surface area contributed by atoms with Gasteiger partial charge in [-0.25, -0.2) is 9.48 Å². The molecule has 0 aliphatic heterocycles. The van der Waals surface area contributed by atoms with E-state index in [1.807, 2.05) is 0 Å². The number of nitro groups is 1. The quantitative estimate of drug-likeness (QED) is 0.658. The Morgan fingerprint density at radius 3 is 2.44 bits per heavy atom. The highest BCUT2D eigenvalue weighted by Crippen LogP contribution is 2.16. The highest BCUT2D eigenvalue weighted by atomic mass is 16.6. The third kappa shape index (κ3) is 2.05. The van der Waals surface area contributed by atoms with Gasteiger partial charge in [-0.3, -0.25) is 10.1 Å². The Hall–Kier alpha value is -2.70. The van der Waals surface area contributed by atoms with Crippen LogP contribution in [0.1, 0.15) is 16.1 Å². The van der Waals surface area contributed by atoms with Gasteiger partial charge in [-0.1, -0.05) is 0 Å². The van der Waals surface area contributed by atoms with Crippen molar-refractivity contribution in [1.82, 2.24) is 9.78 Å². The molecular weight excluding hydrogens is 238 g/mol. The van der Waals surface area contributed by atoms with Crippen molar-refractivity contribution in [2.45, 2.75) is 6.92 Å². The molecule has 0 atom stereocenters. The number of nitro benzene ring substituents is 1. The first-order chi connectivity index (χ1) is 8.49. The Morgan fingerprint density at radius 2 is 2.00 bits per heavy atom. The van der Waals surface area contributed by atoms with Gasteiger partial charge in [0.1, 0.15) is 5.56 Å². The number of hydrogen-bond acceptors (Lipinski definition) is 4. The molecule has 0 amide bonds. The molecule has 0 spiro atoms. The van der Waals surface area contributed by atoms with Gasteiger partial charge in [-0.05, 0) is 19.1 Å². The van der Waals surface area contributed by atoms with E-state index in [0.29, 0.717) is 11.4 Å². The van der Waals surface area contributed by atoms with E-state index in [2.05, 4.69) is 5.10 Å². The minimum Gasteiger partial charge on any atom is -0.478 e. The van der Waals surface area contributed by atoms with Crippen molar-refractivity contribution in [3.63, 3.8) is 0 Å². The lowest BCUT2D eigenvalue weighted by molar-refractivity contribution is -0.384. The first-order valence-electron chi connectivity index (χ1n) is 5.03. The van der Waals surface area contributed by atoms with Crippen LogP contribution in [-0.2, 0) is 0 Å². The summed E-state index contributed by atoms with van der Waals surface area (Å²) in [4.78, 5) is 20.9. The van der Waals surface area contributed by atoms with Gasteiger partial charge in [0.2, 0.25) is 0 Å². The Balaban J connectivity index is 2.40. The molecule has 0 aliphatic rings. The molecule has 0 fully saturated rings. The topological polar surface area (TPSA) is 98.3 Å². The number of aryl methyl sites for hydroxylation is 1.